The number of benzene rings is 1. The molecule has 2 amide bonds. The molecule has 1 saturated heterocycles. The first-order valence-electron chi connectivity index (χ1n) is 9.78. The zero-order chi connectivity index (χ0) is 18.6. The number of piperidine rings is 1. The standard InChI is InChI=1S/C22H25N3O2/c26-21(20-13-19(20)18-8-5-9-23-15-18)24-14-16-6-4-7-17(12-16)22(27)25-10-2-1-3-11-25/h4-9,12,15,19-20H,1-3,10-11,13-14H2,(H,24,26)/t19-,20+/m0/s1. The number of rotatable bonds is 5. The number of hydrogen-bond acceptors (Lipinski definition) is 3. The Morgan fingerprint density at radius 2 is 1.96 bits per heavy atom. The Balaban J connectivity index is 1.32. The molecule has 2 aromatic rings. The van der Waals surface area contributed by atoms with Gasteiger partial charge in [-0.15, -0.1) is 0 Å². The topological polar surface area (TPSA) is 62.3 Å². The van der Waals surface area contributed by atoms with E-state index in [4.69, 9.17) is 0 Å². The molecule has 0 radical (unpaired) electrons. The minimum atomic E-state index is 0.0346. The molecular formula is C22H25N3O2. The van der Waals surface area contributed by atoms with E-state index in [1.165, 1.54) is 6.42 Å². The quantitative estimate of drug-likeness (QED) is 0.888. The molecule has 1 saturated carbocycles. The molecule has 5 nitrogen and oxygen atoms in total. The molecule has 1 N–H and O–H groups in total. The van der Waals surface area contributed by atoms with Crippen molar-refractivity contribution in [1.29, 1.82) is 0 Å². The number of hydrogen-bond donors (Lipinski definition) is 1. The highest BCUT2D eigenvalue weighted by Crippen LogP contribution is 2.47. The van der Waals surface area contributed by atoms with Gasteiger partial charge in [-0.3, -0.25) is 14.6 Å². The van der Waals surface area contributed by atoms with Crippen LogP contribution in [0.5, 0.6) is 0 Å². The van der Waals surface area contributed by atoms with Crippen molar-refractivity contribution < 1.29 is 9.59 Å². The summed E-state index contributed by atoms with van der Waals surface area (Å²) in [6.07, 6.45) is 7.84. The molecule has 4 rings (SSSR count). The number of carbonyl (C=O) groups excluding carboxylic acids is 2. The fourth-order valence-electron chi connectivity index (χ4n) is 3.86. The van der Waals surface area contributed by atoms with Crippen LogP contribution in [0.3, 0.4) is 0 Å². The van der Waals surface area contributed by atoms with Crippen molar-refractivity contribution in [3.63, 3.8) is 0 Å². The van der Waals surface area contributed by atoms with Gasteiger partial charge in [-0.25, -0.2) is 0 Å². The van der Waals surface area contributed by atoms with E-state index in [0.29, 0.717) is 12.1 Å². The molecule has 140 valence electrons. The molecule has 2 heterocycles. The van der Waals surface area contributed by atoms with Crippen LogP contribution in [0.4, 0.5) is 0 Å². The van der Waals surface area contributed by atoms with Gasteiger partial charge in [-0.2, -0.15) is 0 Å². The van der Waals surface area contributed by atoms with E-state index < -0.39 is 0 Å². The predicted octanol–water partition coefficient (Wildman–Crippen LogP) is 3.13. The van der Waals surface area contributed by atoms with E-state index in [9.17, 15) is 9.59 Å². The summed E-state index contributed by atoms with van der Waals surface area (Å²) in [6, 6.07) is 11.6. The molecule has 2 atom stereocenters. The number of pyridine rings is 1. The maximum absolute atomic E-state index is 12.6. The highest BCUT2D eigenvalue weighted by molar-refractivity contribution is 5.94. The second-order valence-electron chi connectivity index (χ2n) is 7.51. The summed E-state index contributed by atoms with van der Waals surface area (Å²) in [7, 11) is 0. The Morgan fingerprint density at radius 1 is 1.11 bits per heavy atom. The normalized spacial score (nSPS) is 21.6. The van der Waals surface area contributed by atoms with E-state index in [1.807, 2.05) is 47.5 Å². The fourth-order valence-corrected chi connectivity index (χ4v) is 3.86. The Morgan fingerprint density at radius 3 is 2.74 bits per heavy atom. The van der Waals surface area contributed by atoms with Gasteiger partial charge in [0.25, 0.3) is 5.91 Å². The van der Waals surface area contributed by atoms with E-state index in [-0.39, 0.29) is 23.7 Å². The molecule has 2 aliphatic rings. The molecular weight excluding hydrogens is 338 g/mol. The number of aromatic nitrogens is 1. The largest absolute Gasteiger partial charge is 0.352 e. The Bertz CT molecular complexity index is 815. The van der Waals surface area contributed by atoms with Crippen LogP contribution in [0.1, 0.15) is 53.1 Å². The van der Waals surface area contributed by atoms with E-state index in [2.05, 4.69) is 10.3 Å². The molecule has 5 heteroatoms. The van der Waals surface area contributed by atoms with Crippen molar-refractivity contribution >= 4 is 11.8 Å². The predicted molar refractivity (Wildman–Crippen MR) is 103 cm³/mol. The maximum atomic E-state index is 12.6. The summed E-state index contributed by atoms with van der Waals surface area (Å²) < 4.78 is 0. The van der Waals surface area contributed by atoms with Crippen LogP contribution in [0, 0.1) is 5.92 Å². The van der Waals surface area contributed by atoms with Crippen LogP contribution >= 0.6 is 0 Å². The van der Waals surface area contributed by atoms with Crippen LogP contribution in [0.15, 0.2) is 48.8 Å². The molecule has 0 bridgehead atoms. The third-order valence-corrected chi connectivity index (χ3v) is 5.52. The van der Waals surface area contributed by atoms with Gasteiger partial charge >= 0.3 is 0 Å². The SMILES string of the molecule is O=C(NCc1cccc(C(=O)N2CCCCC2)c1)[C@@H]1C[C@H]1c1cccnc1. The Labute approximate surface area is 159 Å². The van der Waals surface area contributed by atoms with Crippen molar-refractivity contribution in [1.82, 2.24) is 15.2 Å². The molecule has 27 heavy (non-hydrogen) atoms. The molecule has 0 unspecified atom stereocenters. The van der Waals surface area contributed by atoms with Gasteiger partial charge in [0.05, 0.1) is 0 Å². The summed E-state index contributed by atoms with van der Waals surface area (Å²) in [4.78, 5) is 31.1. The van der Waals surface area contributed by atoms with Crippen LogP contribution in [-0.2, 0) is 11.3 Å². The third-order valence-electron chi connectivity index (χ3n) is 5.52. The van der Waals surface area contributed by atoms with Crippen LogP contribution < -0.4 is 5.32 Å². The van der Waals surface area contributed by atoms with Crippen molar-refractivity contribution in [3.05, 3.63) is 65.5 Å². The first-order valence-corrected chi connectivity index (χ1v) is 9.78. The number of amides is 2. The van der Waals surface area contributed by atoms with Gasteiger partial charge in [0.1, 0.15) is 0 Å². The minimum Gasteiger partial charge on any atom is -0.352 e. The first kappa shape index (κ1) is 17.7. The Hall–Kier alpha value is -2.69. The second-order valence-corrected chi connectivity index (χ2v) is 7.51. The third kappa shape index (κ3) is 4.18. The summed E-state index contributed by atoms with van der Waals surface area (Å²) in [5.74, 6) is 0.497. The lowest BCUT2D eigenvalue weighted by Crippen LogP contribution is -2.35. The molecule has 1 aromatic carbocycles. The number of likely N-dealkylation sites (tertiary alicyclic amines) is 1. The van der Waals surface area contributed by atoms with Crippen LogP contribution in [-0.4, -0.2) is 34.8 Å². The summed E-state index contributed by atoms with van der Waals surface area (Å²) >= 11 is 0. The zero-order valence-electron chi connectivity index (χ0n) is 15.4. The minimum absolute atomic E-state index is 0.0346. The number of carbonyl (C=O) groups is 2. The lowest BCUT2D eigenvalue weighted by Gasteiger charge is -2.26. The Kier molecular flexibility index (Phi) is 5.19. The first-order chi connectivity index (χ1) is 13.2. The average Bonchev–Trinajstić information content (AvgIpc) is 3.54. The van der Waals surface area contributed by atoms with Gasteiger partial charge in [0.2, 0.25) is 5.91 Å². The maximum Gasteiger partial charge on any atom is 0.253 e. The van der Waals surface area contributed by atoms with Crippen LogP contribution in [0.2, 0.25) is 0 Å². The van der Waals surface area contributed by atoms with Gasteiger partial charge in [0, 0.05) is 43.5 Å². The van der Waals surface area contributed by atoms with Gasteiger partial charge in [-0.05, 0) is 60.9 Å². The molecule has 1 aliphatic carbocycles. The van der Waals surface area contributed by atoms with Crippen molar-refractivity contribution in [2.45, 2.75) is 38.1 Å². The lowest BCUT2D eigenvalue weighted by molar-refractivity contribution is -0.122. The summed E-state index contributed by atoms with van der Waals surface area (Å²) in [6.45, 7) is 2.14. The number of nitrogens with zero attached hydrogens (tertiary/aromatic N) is 2. The van der Waals surface area contributed by atoms with Crippen LogP contribution in [0.25, 0.3) is 0 Å². The molecule has 1 aliphatic heterocycles. The number of nitrogens with one attached hydrogen (secondary N) is 1. The molecule has 2 fully saturated rings. The van der Waals surface area contributed by atoms with Gasteiger partial charge in [-0.1, -0.05) is 18.2 Å². The summed E-state index contributed by atoms with van der Waals surface area (Å²) in [5.41, 5.74) is 2.81. The second kappa shape index (κ2) is 7.91. The highest BCUT2D eigenvalue weighted by atomic mass is 16.2. The highest BCUT2D eigenvalue weighted by Gasteiger charge is 2.43. The van der Waals surface area contributed by atoms with E-state index in [0.717, 1.165) is 43.5 Å². The molecule has 0 spiro atoms. The van der Waals surface area contributed by atoms with Gasteiger partial charge in [0.15, 0.2) is 0 Å². The van der Waals surface area contributed by atoms with Crippen molar-refractivity contribution in [3.8, 4) is 0 Å². The average molecular weight is 363 g/mol. The van der Waals surface area contributed by atoms with Gasteiger partial charge < -0.3 is 10.2 Å². The van der Waals surface area contributed by atoms with E-state index in [1.54, 1.807) is 6.20 Å². The zero-order valence-corrected chi connectivity index (χ0v) is 15.4. The van der Waals surface area contributed by atoms with Crippen molar-refractivity contribution in [2.24, 2.45) is 5.92 Å². The smallest absolute Gasteiger partial charge is 0.253 e. The van der Waals surface area contributed by atoms with Crippen molar-refractivity contribution in [2.75, 3.05) is 13.1 Å². The lowest BCUT2D eigenvalue weighted by atomic mass is 10.1. The van der Waals surface area contributed by atoms with E-state index >= 15 is 0 Å². The molecule has 1 aromatic heterocycles. The monoisotopic (exact) mass is 363 g/mol. The fraction of sp³-hybridized carbons (Fsp3) is 0.409. The summed E-state index contributed by atoms with van der Waals surface area (Å²) in [5, 5.41) is 3.02.